The smallest absolute Gasteiger partial charge is 0.131 e. The van der Waals surface area contributed by atoms with Crippen molar-refractivity contribution in [1.82, 2.24) is 0 Å². The Kier molecular flexibility index (Phi) is 5.61. The van der Waals surface area contributed by atoms with Crippen LogP contribution in [0.25, 0.3) is 11.1 Å². The van der Waals surface area contributed by atoms with Crippen LogP contribution in [0.4, 0.5) is 4.39 Å². The molecule has 0 heterocycles. The highest BCUT2D eigenvalue weighted by molar-refractivity contribution is 5.70. The van der Waals surface area contributed by atoms with E-state index in [2.05, 4.69) is 59.7 Å². The van der Waals surface area contributed by atoms with Gasteiger partial charge in [0.1, 0.15) is 11.6 Å². The minimum absolute atomic E-state index is 0.129. The molecule has 0 saturated carbocycles. The molecule has 2 heteroatoms. The Morgan fingerprint density at radius 3 is 2.00 bits per heavy atom. The predicted molar refractivity (Wildman–Crippen MR) is 105 cm³/mol. The molecule has 0 saturated heterocycles. The molecule has 0 N–H and O–H groups in total. The molecule has 25 heavy (non-hydrogen) atoms. The number of ether oxygens (including phenoxy) is 1. The van der Waals surface area contributed by atoms with Gasteiger partial charge in [-0.3, -0.25) is 0 Å². The first-order valence-corrected chi connectivity index (χ1v) is 8.94. The second-order valence-electron chi connectivity index (χ2n) is 9.31. The highest BCUT2D eigenvalue weighted by Crippen LogP contribution is 2.35. The van der Waals surface area contributed by atoms with Crippen molar-refractivity contribution in [1.29, 1.82) is 0 Å². The molecule has 2 aromatic carbocycles. The standard InChI is InChI=1S/C23H31FO/c1-22(2,3)14-16-8-10-19(17(12-16)15-23(4,5)6)20-13-18(25-7)9-11-21(20)24/h8-13H,14-15H2,1-7H3. The van der Waals surface area contributed by atoms with E-state index in [0.717, 1.165) is 18.4 Å². The van der Waals surface area contributed by atoms with Crippen LogP contribution in [0.3, 0.4) is 0 Å². The van der Waals surface area contributed by atoms with Crippen LogP contribution < -0.4 is 4.74 Å². The summed E-state index contributed by atoms with van der Waals surface area (Å²) in [4.78, 5) is 0. The van der Waals surface area contributed by atoms with Gasteiger partial charge in [-0.05, 0) is 58.6 Å². The molecule has 2 aromatic rings. The van der Waals surface area contributed by atoms with E-state index in [1.807, 2.05) is 0 Å². The molecule has 0 unspecified atom stereocenters. The van der Waals surface area contributed by atoms with Gasteiger partial charge in [-0.25, -0.2) is 4.39 Å². The van der Waals surface area contributed by atoms with Crippen LogP contribution in [0.1, 0.15) is 52.7 Å². The van der Waals surface area contributed by atoms with Crippen LogP contribution in [-0.4, -0.2) is 7.11 Å². The molecule has 0 amide bonds. The maximum Gasteiger partial charge on any atom is 0.131 e. The molecule has 0 aliphatic rings. The SMILES string of the molecule is COc1ccc(F)c(-c2ccc(CC(C)(C)C)cc2CC(C)(C)C)c1. The molecule has 1 nitrogen and oxygen atoms in total. The Bertz CT molecular complexity index is 733. The molecule has 0 atom stereocenters. The summed E-state index contributed by atoms with van der Waals surface area (Å²) in [5, 5.41) is 0. The van der Waals surface area contributed by atoms with E-state index < -0.39 is 0 Å². The van der Waals surface area contributed by atoms with Crippen LogP contribution in [0.2, 0.25) is 0 Å². The fourth-order valence-electron chi connectivity index (χ4n) is 3.19. The van der Waals surface area contributed by atoms with Crippen molar-refractivity contribution in [3.05, 3.63) is 53.3 Å². The van der Waals surface area contributed by atoms with Crippen LogP contribution in [0.5, 0.6) is 5.75 Å². The quantitative estimate of drug-likeness (QED) is 0.602. The maximum atomic E-state index is 14.5. The first-order chi connectivity index (χ1) is 11.5. The second kappa shape index (κ2) is 7.19. The van der Waals surface area contributed by atoms with Crippen molar-refractivity contribution in [2.75, 3.05) is 7.11 Å². The third kappa shape index (κ3) is 5.59. The van der Waals surface area contributed by atoms with E-state index in [0.29, 0.717) is 11.3 Å². The van der Waals surface area contributed by atoms with Gasteiger partial charge in [0.25, 0.3) is 0 Å². The van der Waals surface area contributed by atoms with Crippen molar-refractivity contribution >= 4 is 0 Å². The third-order valence-electron chi connectivity index (χ3n) is 4.09. The van der Waals surface area contributed by atoms with E-state index in [4.69, 9.17) is 4.74 Å². The van der Waals surface area contributed by atoms with E-state index in [1.54, 1.807) is 19.2 Å². The number of halogens is 1. The number of rotatable bonds is 4. The van der Waals surface area contributed by atoms with Gasteiger partial charge >= 0.3 is 0 Å². The van der Waals surface area contributed by atoms with Gasteiger partial charge in [-0.1, -0.05) is 59.7 Å². The highest BCUT2D eigenvalue weighted by Gasteiger charge is 2.19. The molecule has 0 aliphatic carbocycles. The Labute approximate surface area is 152 Å². The molecule has 0 aromatic heterocycles. The van der Waals surface area contributed by atoms with Crippen molar-refractivity contribution in [3.8, 4) is 16.9 Å². The second-order valence-corrected chi connectivity index (χ2v) is 9.31. The van der Waals surface area contributed by atoms with Gasteiger partial charge in [0.15, 0.2) is 0 Å². The lowest BCUT2D eigenvalue weighted by Gasteiger charge is -2.24. The lowest BCUT2D eigenvalue weighted by molar-refractivity contribution is 0.406. The molecule has 0 bridgehead atoms. The van der Waals surface area contributed by atoms with Crippen LogP contribution in [0.15, 0.2) is 36.4 Å². The van der Waals surface area contributed by atoms with E-state index in [9.17, 15) is 4.39 Å². The molecule has 2 rings (SSSR count). The van der Waals surface area contributed by atoms with Crippen molar-refractivity contribution in [3.63, 3.8) is 0 Å². The molecule has 136 valence electrons. The zero-order valence-corrected chi connectivity index (χ0v) is 16.7. The number of hydrogen-bond donors (Lipinski definition) is 0. The largest absolute Gasteiger partial charge is 0.497 e. The van der Waals surface area contributed by atoms with Crippen molar-refractivity contribution in [2.45, 2.75) is 54.4 Å². The van der Waals surface area contributed by atoms with E-state index in [-0.39, 0.29) is 16.6 Å². The molecule has 0 aliphatic heterocycles. The van der Waals surface area contributed by atoms with Crippen molar-refractivity contribution < 1.29 is 9.13 Å². The average Bonchev–Trinajstić information content (AvgIpc) is 2.45. The highest BCUT2D eigenvalue weighted by atomic mass is 19.1. The summed E-state index contributed by atoms with van der Waals surface area (Å²) in [6, 6.07) is 11.4. The molecular weight excluding hydrogens is 311 g/mol. The molecule has 0 radical (unpaired) electrons. The predicted octanol–water partition coefficient (Wildman–Crippen LogP) is 6.68. The van der Waals surface area contributed by atoms with Gasteiger partial charge in [0.2, 0.25) is 0 Å². The average molecular weight is 342 g/mol. The molecular formula is C23H31FO. The minimum Gasteiger partial charge on any atom is -0.497 e. The number of benzene rings is 2. The third-order valence-corrected chi connectivity index (χ3v) is 4.09. The normalized spacial score (nSPS) is 12.3. The topological polar surface area (TPSA) is 9.23 Å². The fraction of sp³-hybridized carbons (Fsp3) is 0.478. The summed E-state index contributed by atoms with van der Waals surface area (Å²) in [5.41, 5.74) is 4.43. The van der Waals surface area contributed by atoms with E-state index in [1.165, 1.54) is 17.2 Å². The van der Waals surface area contributed by atoms with Crippen LogP contribution in [0, 0.1) is 16.6 Å². The number of methoxy groups -OCH3 is 1. The Hall–Kier alpha value is -1.83. The van der Waals surface area contributed by atoms with Crippen LogP contribution in [-0.2, 0) is 12.8 Å². The minimum atomic E-state index is -0.209. The van der Waals surface area contributed by atoms with Gasteiger partial charge in [0.05, 0.1) is 7.11 Å². The van der Waals surface area contributed by atoms with E-state index >= 15 is 0 Å². The summed E-state index contributed by atoms with van der Waals surface area (Å²) in [6.07, 6.45) is 1.90. The van der Waals surface area contributed by atoms with Gasteiger partial charge in [-0.2, -0.15) is 0 Å². The summed E-state index contributed by atoms with van der Waals surface area (Å²) < 4.78 is 19.8. The lowest BCUT2D eigenvalue weighted by atomic mass is 9.82. The molecule has 0 fully saturated rings. The Balaban J connectivity index is 2.56. The Morgan fingerprint density at radius 1 is 0.800 bits per heavy atom. The summed E-state index contributed by atoms with van der Waals surface area (Å²) in [6.45, 7) is 13.4. The monoisotopic (exact) mass is 342 g/mol. The fourth-order valence-corrected chi connectivity index (χ4v) is 3.19. The van der Waals surface area contributed by atoms with Gasteiger partial charge in [-0.15, -0.1) is 0 Å². The first-order valence-electron chi connectivity index (χ1n) is 8.94. The Morgan fingerprint density at radius 2 is 1.44 bits per heavy atom. The van der Waals surface area contributed by atoms with Crippen molar-refractivity contribution in [2.24, 2.45) is 10.8 Å². The summed E-state index contributed by atoms with van der Waals surface area (Å²) in [7, 11) is 1.61. The maximum absolute atomic E-state index is 14.5. The lowest BCUT2D eigenvalue weighted by Crippen LogP contribution is -2.13. The van der Waals surface area contributed by atoms with Gasteiger partial charge < -0.3 is 4.74 Å². The zero-order valence-electron chi connectivity index (χ0n) is 16.7. The summed E-state index contributed by atoms with van der Waals surface area (Å²) in [5.74, 6) is 0.469. The van der Waals surface area contributed by atoms with Gasteiger partial charge in [0, 0.05) is 5.56 Å². The summed E-state index contributed by atoms with van der Waals surface area (Å²) >= 11 is 0. The zero-order chi connectivity index (χ0) is 18.8. The number of hydrogen-bond acceptors (Lipinski definition) is 1. The molecule has 0 spiro atoms. The first kappa shape index (κ1) is 19.5. The van der Waals surface area contributed by atoms with Crippen LogP contribution >= 0.6 is 0 Å².